The summed E-state index contributed by atoms with van der Waals surface area (Å²) in [5, 5.41) is 1.18. The molecule has 1 unspecified atom stereocenters. The van der Waals surface area contributed by atoms with Crippen LogP contribution in [0.1, 0.15) is 45.4 Å². The molecule has 1 saturated carbocycles. The summed E-state index contributed by atoms with van der Waals surface area (Å²) in [7, 11) is 0. The highest BCUT2D eigenvalue weighted by molar-refractivity contribution is 9.09. The summed E-state index contributed by atoms with van der Waals surface area (Å²) >= 11 is 3.71. The fourth-order valence-electron chi connectivity index (χ4n) is 3.06. The van der Waals surface area contributed by atoms with Gasteiger partial charge in [-0.3, -0.25) is 0 Å². The molecule has 1 heterocycles. The van der Waals surface area contributed by atoms with Crippen molar-refractivity contribution < 1.29 is 4.74 Å². The molecule has 0 aromatic carbocycles. The number of nitrogens with zero attached hydrogens (tertiary/aromatic N) is 1. The van der Waals surface area contributed by atoms with Crippen molar-refractivity contribution in [1.29, 1.82) is 0 Å². The van der Waals surface area contributed by atoms with Crippen molar-refractivity contribution in [2.24, 2.45) is 5.41 Å². The molecule has 2 rings (SSSR count). The fraction of sp³-hybridized carbons (Fsp3) is 1.00. The Labute approximate surface area is 114 Å². The first-order chi connectivity index (χ1) is 8.28. The quantitative estimate of drug-likeness (QED) is 0.697. The van der Waals surface area contributed by atoms with Crippen LogP contribution in [0.3, 0.4) is 0 Å². The van der Waals surface area contributed by atoms with Crippen LogP contribution >= 0.6 is 15.9 Å². The van der Waals surface area contributed by atoms with E-state index < -0.39 is 0 Å². The molecule has 1 saturated heterocycles. The average molecular weight is 304 g/mol. The van der Waals surface area contributed by atoms with Crippen molar-refractivity contribution in [1.82, 2.24) is 4.90 Å². The number of likely N-dealkylation sites (tertiary alicyclic amines) is 1. The van der Waals surface area contributed by atoms with Gasteiger partial charge in [0.05, 0.1) is 6.10 Å². The Morgan fingerprint density at radius 2 is 2.18 bits per heavy atom. The third-order valence-electron chi connectivity index (χ3n) is 4.28. The van der Waals surface area contributed by atoms with Gasteiger partial charge in [-0.05, 0) is 44.1 Å². The molecule has 0 bridgehead atoms. The van der Waals surface area contributed by atoms with Gasteiger partial charge >= 0.3 is 0 Å². The summed E-state index contributed by atoms with van der Waals surface area (Å²) in [4.78, 5) is 2.64. The zero-order valence-electron chi connectivity index (χ0n) is 11.1. The van der Waals surface area contributed by atoms with E-state index >= 15 is 0 Å². The van der Waals surface area contributed by atoms with Gasteiger partial charge in [-0.1, -0.05) is 29.3 Å². The summed E-state index contributed by atoms with van der Waals surface area (Å²) in [5.74, 6) is 0. The predicted molar refractivity (Wildman–Crippen MR) is 75.8 cm³/mol. The number of hydrogen-bond donors (Lipinski definition) is 0. The molecule has 0 spiro atoms. The first-order valence-corrected chi connectivity index (χ1v) is 8.30. The Hall–Kier alpha value is 0.400. The molecule has 100 valence electrons. The van der Waals surface area contributed by atoms with Gasteiger partial charge in [0.2, 0.25) is 0 Å². The maximum Gasteiger partial charge on any atom is 0.0702 e. The zero-order valence-corrected chi connectivity index (χ0v) is 12.7. The Morgan fingerprint density at radius 3 is 2.76 bits per heavy atom. The second-order valence-electron chi connectivity index (χ2n) is 5.86. The molecule has 17 heavy (non-hydrogen) atoms. The van der Waals surface area contributed by atoms with Gasteiger partial charge in [0.15, 0.2) is 0 Å². The average Bonchev–Trinajstić information content (AvgIpc) is 2.32. The molecule has 2 aliphatic rings. The largest absolute Gasteiger partial charge is 0.377 e. The van der Waals surface area contributed by atoms with Crippen LogP contribution in [0.4, 0.5) is 0 Å². The normalized spacial score (nSPS) is 28.9. The number of halogens is 1. The van der Waals surface area contributed by atoms with Crippen LogP contribution in [0.2, 0.25) is 0 Å². The predicted octanol–water partition coefficient (Wildman–Crippen LogP) is 3.44. The molecule has 1 aliphatic heterocycles. The van der Waals surface area contributed by atoms with Crippen molar-refractivity contribution in [3.8, 4) is 0 Å². The van der Waals surface area contributed by atoms with E-state index in [-0.39, 0.29) is 0 Å². The monoisotopic (exact) mass is 303 g/mol. The Kier molecular flexibility index (Phi) is 5.31. The lowest BCUT2D eigenvalue weighted by atomic mass is 9.70. The van der Waals surface area contributed by atoms with Crippen molar-refractivity contribution in [2.75, 3.05) is 31.6 Å². The van der Waals surface area contributed by atoms with Gasteiger partial charge in [0.1, 0.15) is 0 Å². The van der Waals surface area contributed by atoms with E-state index in [2.05, 4.69) is 27.8 Å². The standard InChI is InChI=1S/C14H26BrNO/c1-2-9-17-13-5-3-8-16(10-13)12-14(11-15)6-4-7-14/h13H,2-12H2,1H3. The van der Waals surface area contributed by atoms with Gasteiger partial charge in [-0.25, -0.2) is 0 Å². The highest BCUT2D eigenvalue weighted by Crippen LogP contribution is 2.43. The second kappa shape index (κ2) is 6.53. The summed E-state index contributed by atoms with van der Waals surface area (Å²) < 4.78 is 5.91. The molecule has 0 N–H and O–H groups in total. The summed E-state index contributed by atoms with van der Waals surface area (Å²) in [5.41, 5.74) is 0.590. The van der Waals surface area contributed by atoms with Gasteiger partial charge in [0, 0.05) is 25.0 Å². The molecule has 0 radical (unpaired) electrons. The van der Waals surface area contributed by atoms with E-state index in [1.807, 2.05) is 0 Å². The van der Waals surface area contributed by atoms with Crippen LogP contribution in [0.5, 0.6) is 0 Å². The van der Waals surface area contributed by atoms with Crippen molar-refractivity contribution in [2.45, 2.75) is 51.6 Å². The van der Waals surface area contributed by atoms with Crippen molar-refractivity contribution in [3.63, 3.8) is 0 Å². The zero-order chi connectivity index (χ0) is 12.1. The molecular weight excluding hydrogens is 278 g/mol. The Bertz CT molecular complexity index is 225. The third kappa shape index (κ3) is 3.68. The lowest BCUT2D eigenvalue weighted by Gasteiger charge is -2.46. The Balaban J connectivity index is 1.76. The minimum Gasteiger partial charge on any atom is -0.377 e. The van der Waals surface area contributed by atoms with Crippen LogP contribution in [0.25, 0.3) is 0 Å². The number of alkyl halides is 1. The number of ether oxygens (including phenoxy) is 1. The number of rotatable bonds is 6. The maximum atomic E-state index is 5.91. The highest BCUT2D eigenvalue weighted by atomic mass is 79.9. The van der Waals surface area contributed by atoms with E-state index in [0.29, 0.717) is 11.5 Å². The van der Waals surface area contributed by atoms with E-state index in [1.54, 1.807) is 0 Å². The molecule has 2 nitrogen and oxygen atoms in total. The molecule has 0 aromatic rings. The summed E-state index contributed by atoms with van der Waals surface area (Å²) in [6.07, 6.45) is 8.46. The van der Waals surface area contributed by atoms with Crippen molar-refractivity contribution in [3.05, 3.63) is 0 Å². The minimum atomic E-state index is 0.496. The van der Waals surface area contributed by atoms with Crippen LogP contribution < -0.4 is 0 Å². The first-order valence-electron chi connectivity index (χ1n) is 7.18. The number of piperidine rings is 1. The van der Waals surface area contributed by atoms with Crippen LogP contribution in [0, 0.1) is 5.41 Å². The molecular formula is C14H26BrNO. The van der Waals surface area contributed by atoms with Crippen LogP contribution in [-0.4, -0.2) is 42.6 Å². The van der Waals surface area contributed by atoms with E-state index in [9.17, 15) is 0 Å². The molecule has 3 heteroatoms. The van der Waals surface area contributed by atoms with E-state index in [4.69, 9.17) is 4.74 Å². The molecule has 0 amide bonds. The third-order valence-corrected chi connectivity index (χ3v) is 5.47. The van der Waals surface area contributed by atoms with E-state index in [1.165, 1.54) is 50.5 Å². The highest BCUT2D eigenvalue weighted by Gasteiger charge is 2.38. The lowest BCUT2D eigenvalue weighted by molar-refractivity contribution is -0.0187. The van der Waals surface area contributed by atoms with Gasteiger partial charge < -0.3 is 9.64 Å². The Morgan fingerprint density at radius 1 is 1.35 bits per heavy atom. The number of hydrogen-bond acceptors (Lipinski definition) is 2. The SMILES string of the molecule is CCCOC1CCCN(CC2(CBr)CCC2)C1. The maximum absolute atomic E-state index is 5.91. The minimum absolute atomic E-state index is 0.496. The van der Waals surface area contributed by atoms with Gasteiger partial charge in [0.25, 0.3) is 0 Å². The first kappa shape index (κ1) is 13.8. The summed E-state index contributed by atoms with van der Waals surface area (Å²) in [6, 6.07) is 0. The van der Waals surface area contributed by atoms with Gasteiger partial charge in [-0.15, -0.1) is 0 Å². The second-order valence-corrected chi connectivity index (χ2v) is 6.42. The topological polar surface area (TPSA) is 12.5 Å². The summed E-state index contributed by atoms with van der Waals surface area (Å²) in [6.45, 7) is 6.84. The molecule has 1 atom stereocenters. The van der Waals surface area contributed by atoms with Crippen LogP contribution in [-0.2, 0) is 4.74 Å². The van der Waals surface area contributed by atoms with Gasteiger partial charge in [-0.2, -0.15) is 0 Å². The molecule has 1 aliphatic carbocycles. The smallest absolute Gasteiger partial charge is 0.0702 e. The molecule has 2 fully saturated rings. The lowest BCUT2D eigenvalue weighted by Crippen LogP contribution is -2.48. The fourth-order valence-corrected chi connectivity index (χ4v) is 3.80. The van der Waals surface area contributed by atoms with Crippen molar-refractivity contribution >= 4 is 15.9 Å². The van der Waals surface area contributed by atoms with Crippen LogP contribution in [0.15, 0.2) is 0 Å². The van der Waals surface area contributed by atoms with E-state index in [0.717, 1.165) is 19.6 Å². The molecule has 0 aromatic heterocycles.